The van der Waals surface area contributed by atoms with E-state index in [2.05, 4.69) is 15.8 Å². The third-order valence-electron chi connectivity index (χ3n) is 5.61. The van der Waals surface area contributed by atoms with E-state index in [4.69, 9.17) is 10.00 Å². The van der Waals surface area contributed by atoms with Gasteiger partial charge in [-0.25, -0.2) is 10.2 Å². The molecule has 0 aliphatic rings. The van der Waals surface area contributed by atoms with E-state index in [9.17, 15) is 27.9 Å². The number of aromatic hydroxyl groups is 1. The molecule has 0 radical (unpaired) electrons. The third kappa shape index (κ3) is 6.50. The highest BCUT2D eigenvalue weighted by Crippen LogP contribution is 2.30. The largest absolute Gasteiger partial charge is 0.507 e. The Hall–Kier alpha value is -5.37. The summed E-state index contributed by atoms with van der Waals surface area (Å²) in [5, 5.41) is 26.5. The lowest BCUT2D eigenvalue weighted by atomic mass is 10.0. The molecule has 0 aliphatic heterocycles. The number of amides is 2. The smallest absolute Gasteiger partial charge is 0.416 e. The van der Waals surface area contributed by atoms with Crippen molar-refractivity contribution in [1.29, 1.82) is 5.26 Å². The second-order valence-corrected chi connectivity index (χ2v) is 8.18. The van der Waals surface area contributed by atoms with Gasteiger partial charge in [0.05, 0.1) is 17.3 Å². The van der Waals surface area contributed by atoms with Crippen LogP contribution in [0.5, 0.6) is 5.75 Å². The molecule has 4 aromatic rings. The van der Waals surface area contributed by atoms with Crippen LogP contribution in [0.15, 0.2) is 84.0 Å². The Bertz CT molecular complexity index is 1610. The summed E-state index contributed by atoms with van der Waals surface area (Å²) >= 11 is 0. The highest BCUT2D eigenvalue weighted by Gasteiger charge is 2.30. The van der Waals surface area contributed by atoms with Crippen molar-refractivity contribution in [2.45, 2.75) is 12.8 Å². The molecular formula is C28H19F3N4O4. The Morgan fingerprint density at radius 2 is 1.72 bits per heavy atom. The summed E-state index contributed by atoms with van der Waals surface area (Å²) in [4.78, 5) is 24.6. The van der Waals surface area contributed by atoms with Gasteiger partial charge in [0.2, 0.25) is 0 Å². The minimum absolute atomic E-state index is 0.0385. The molecule has 0 bridgehead atoms. The minimum atomic E-state index is -4.47. The summed E-state index contributed by atoms with van der Waals surface area (Å²) in [6.45, 7) is -0.108. The molecule has 2 amide bonds. The number of anilines is 1. The lowest BCUT2D eigenvalue weighted by Crippen LogP contribution is -2.17. The number of rotatable bonds is 6. The Morgan fingerprint density at radius 3 is 2.41 bits per heavy atom. The summed E-state index contributed by atoms with van der Waals surface area (Å²) in [5.74, 6) is -0.804. The predicted molar refractivity (Wildman–Crippen MR) is 137 cm³/mol. The molecule has 0 heterocycles. The van der Waals surface area contributed by atoms with Gasteiger partial charge < -0.3 is 9.84 Å². The summed E-state index contributed by atoms with van der Waals surface area (Å²) in [5.41, 5.74) is 3.13. The molecule has 0 saturated heterocycles. The van der Waals surface area contributed by atoms with Crippen LogP contribution in [0.1, 0.15) is 32.6 Å². The number of nitrogens with one attached hydrogen (secondary N) is 2. The molecule has 0 fully saturated rings. The maximum atomic E-state index is 12.7. The van der Waals surface area contributed by atoms with E-state index in [1.807, 2.05) is 12.1 Å². The topological polar surface area (TPSA) is 124 Å². The average molecular weight is 532 g/mol. The Kier molecular flexibility index (Phi) is 7.77. The van der Waals surface area contributed by atoms with E-state index in [1.54, 1.807) is 30.3 Å². The molecule has 0 unspecified atom stereocenters. The third-order valence-corrected chi connectivity index (χ3v) is 5.61. The van der Waals surface area contributed by atoms with Gasteiger partial charge in [-0.05, 0) is 58.8 Å². The number of alkyl halides is 3. The molecule has 0 aromatic heterocycles. The Labute approximate surface area is 220 Å². The number of hydrogen-bond donors (Lipinski definition) is 3. The molecule has 11 heteroatoms. The summed E-state index contributed by atoms with van der Waals surface area (Å²) in [6.07, 6.45) is -3.87. The normalized spacial score (nSPS) is 11.2. The summed E-state index contributed by atoms with van der Waals surface area (Å²) in [6, 6.07) is 20.3. The van der Waals surface area contributed by atoms with Crippen molar-refractivity contribution >= 4 is 34.7 Å². The van der Waals surface area contributed by atoms with Crippen LogP contribution in [0, 0.1) is 11.3 Å². The highest BCUT2D eigenvalue weighted by molar-refractivity contribution is 6.02. The number of nitrogens with zero attached hydrogens (tertiary/aromatic N) is 2. The van der Waals surface area contributed by atoms with E-state index in [-0.39, 0.29) is 29.2 Å². The summed E-state index contributed by atoms with van der Waals surface area (Å²) < 4.78 is 43.4. The highest BCUT2D eigenvalue weighted by atomic mass is 19.4. The molecule has 0 saturated carbocycles. The maximum Gasteiger partial charge on any atom is 0.416 e. The predicted octanol–water partition coefficient (Wildman–Crippen LogP) is 5.95. The van der Waals surface area contributed by atoms with E-state index < -0.39 is 23.7 Å². The number of halogens is 3. The lowest BCUT2D eigenvalue weighted by molar-refractivity contribution is -0.137. The first-order valence-electron chi connectivity index (χ1n) is 11.3. The van der Waals surface area contributed by atoms with Crippen molar-refractivity contribution in [3.05, 3.63) is 107 Å². The summed E-state index contributed by atoms with van der Waals surface area (Å²) in [7, 11) is 0. The zero-order valence-corrected chi connectivity index (χ0v) is 20.0. The van der Waals surface area contributed by atoms with Crippen molar-refractivity contribution in [1.82, 2.24) is 5.43 Å². The standard InChI is InChI=1S/C28H19F3N4O4/c29-28(30,31)21-8-10-22(11-9-21)34-27(38)39-16-19-6-5-18(23-3-1-2-4-24(19)23)15-33-35-26(37)17-7-12-25(36)20(13-17)14-32/h1-13,15,36H,16H2,(H,34,38)(H,35,37). The first kappa shape index (κ1) is 26.7. The van der Waals surface area contributed by atoms with Crippen LogP contribution in [0.2, 0.25) is 0 Å². The van der Waals surface area contributed by atoms with Crippen LogP contribution >= 0.6 is 0 Å². The first-order chi connectivity index (χ1) is 18.7. The van der Waals surface area contributed by atoms with Crippen molar-refractivity contribution in [2.24, 2.45) is 5.10 Å². The number of carbonyl (C=O) groups excluding carboxylic acids is 2. The maximum absolute atomic E-state index is 12.7. The molecule has 39 heavy (non-hydrogen) atoms. The van der Waals surface area contributed by atoms with Crippen LogP contribution in [-0.4, -0.2) is 23.3 Å². The van der Waals surface area contributed by atoms with Gasteiger partial charge in [-0.1, -0.05) is 36.4 Å². The van der Waals surface area contributed by atoms with Crippen LogP contribution < -0.4 is 10.7 Å². The van der Waals surface area contributed by atoms with Crippen molar-refractivity contribution < 1.29 is 32.6 Å². The zero-order chi connectivity index (χ0) is 28.0. The SMILES string of the molecule is N#Cc1cc(C(=O)NN=Cc2ccc(COC(=O)Nc3ccc(C(F)(F)F)cc3)c3ccccc23)ccc1O. The van der Waals surface area contributed by atoms with Crippen LogP contribution in [0.4, 0.5) is 23.7 Å². The average Bonchev–Trinajstić information content (AvgIpc) is 2.92. The fraction of sp³-hybridized carbons (Fsp3) is 0.0714. The molecule has 196 valence electrons. The Balaban J connectivity index is 1.42. The van der Waals surface area contributed by atoms with Gasteiger partial charge in [0.15, 0.2) is 0 Å². The second-order valence-electron chi connectivity index (χ2n) is 8.18. The van der Waals surface area contributed by atoms with E-state index >= 15 is 0 Å². The molecule has 0 aliphatic carbocycles. The second kappa shape index (κ2) is 11.4. The van der Waals surface area contributed by atoms with Gasteiger partial charge in [0.25, 0.3) is 5.91 Å². The van der Waals surface area contributed by atoms with Crippen molar-refractivity contribution in [3.8, 4) is 11.8 Å². The number of ether oxygens (including phenoxy) is 1. The molecule has 3 N–H and O–H groups in total. The fourth-order valence-corrected chi connectivity index (χ4v) is 3.65. The number of phenolic OH excluding ortho intramolecular Hbond substituents is 1. The molecule has 4 aromatic carbocycles. The fourth-order valence-electron chi connectivity index (χ4n) is 3.65. The monoisotopic (exact) mass is 532 g/mol. The number of carbonyl (C=O) groups is 2. The van der Waals surface area contributed by atoms with Gasteiger partial charge in [-0.3, -0.25) is 10.1 Å². The van der Waals surface area contributed by atoms with Crippen LogP contribution in [0.3, 0.4) is 0 Å². The van der Waals surface area contributed by atoms with Crippen LogP contribution in [0.25, 0.3) is 10.8 Å². The minimum Gasteiger partial charge on any atom is -0.507 e. The van der Waals surface area contributed by atoms with E-state index in [0.29, 0.717) is 11.1 Å². The molecular weight excluding hydrogens is 513 g/mol. The lowest BCUT2D eigenvalue weighted by Gasteiger charge is -2.11. The number of hydrazone groups is 1. The van der Waals surface area contributed by atoms with Crippen molar-refractivity contribution in [3.63, 3.8) is 0 Å². The molecule has 8 nitrogen and oxygen atoms in total. The van der Waals surface area contributed by atoms with Gasteiger partial charge in [0, 0.05) is 16.8 Å². The molecule has 0 atom stereocenters. The molecule has 4 rings (SSSR count). The quantitative estimate of drug-likeness (QED) is 0.209. The number of hydrogen-bond acceptors (Lipinski definition) is 6. The van der Waals surface area contributed by atoms with Gasteiger partial charge >= 0.3 is 12.3 Å². The van der Waals surface area contributed by atoms with E-state index in [0.717, 1.165) is 35.0 Å². The van der Waals surface area contributed by atoms with E-state index in [1.165, 1.54) is 24.4 Å². The van der Waals surface area contributed by atoms with Gasteiger partial charge in [-0.15, -0.1) is 0 Å². The number of phenols is 1. The molecule has 0 spiro atoms. The van der Waals surface area contributed by atoms with Gasteiger partial charge in [-0.2, -0.15) is 23.5 Å². The number of benzene rings is 4. The number of nitriles is 1. The first-order valence-corrected chi connectivity index (χ1v) is 11.3. The number of fused-ring (bicyclic) bond motifs is 1. The van der Waals surface area contributed by atoms with Gasteiger partial charge in [0.1, 0.15) is 18.4 Å². The Morgan fingerprint density at radius 1 is 1.00 bits per heavy atom. The van der Waals surface area contributed by atoms with Crippen molar-refractivity contribution in [2.75, 3.05) is 5.32 Å². The van der Waals surface area contributed by atoms with Crippen LogP contribution in [-0.2, 0) is 17.5 Å². The zero-order valence-electron chi connectivity index (χ0n) is 20.0.